The first-order chi connectivity index (χ1) is 9.65. The molecule has 2 rings (SSSR count). The number of hydrogen-bond donors (Lipinski definition) is 1. The summed E-state index contributed by atoms with van der Waals surface area (Å²) < 4.78 is 5.37. The second-order valence-corrected chi connectivity index (χ2v) is 5.05. The average molecular weight is 271 g/mol. The number of benzene rings is 1. The molecule has 1 N–H and O–H groups in total. The van der Waals surface area contributed by atoms with E-state index < -0.39 is 0 Å². The first kappa shape index (κ1) is 14.5. The molecule has 0 aliphatic heterocycles. The maximum Gasteiger partial charge on any atom is 0.213 e. The van der Waals surface area contributed by atoms with E-state index in [4.69, 9.17) is 4.74 Å². The highest BCUT2D eigenvalue weighted by Crippen LogP contribution is 2.27. The molecule has 3 nitrogen and oxygen atoms in total. The number of nitrogens with zero attached hydrogens (tertiary/aromatic N) is 1. The molecule has 1 aromatic carbocycles. The van der Waals surface area contributed by atoms with Crippen LogP contribution in [0.5, 0.6) is 5.88 Å². The fourth-order valence-corrected chi connectivity index (χ4v) is 2.14. The van der Waals surface area contributed by atoms with Crippen LogP contribution >= 0.6 is 0 Å². The predicted octanol–water partition coefficient (Wildman–Crippen LogP) is 3.76. The van der Waals surface area contributed by atoms with Crippen molar-refractivity contribution in [2.45, 2.75) is 33.3 Å². The summed E-state index contributed by atoms with van der Waals surface area (Å²) in [5.41, 5.74) is 4.15. The van der Waals surface area contributed by atoms with Crippen LogP contribution in [0.15, 0.2) is 36.5 Å². The SMILES string of the molecule is CCOc1cc(CO)c(-c2ccc(C(C)C)cc2)cn1. The Bertz CT molecular complexity index is 562. The molecule has 20 heavy (non-hydrogen) atoms. The molecule has 0 saturated heterocycles. The zero-order chi connectivity index (χ0) is 14.5. The Morgan fingerprint density at radius 3 is 2.45 bits per heavy atom. The van der Waals surface area contributed by atoms with Crippen molar-refractivity contribution in [1.29, 1.82) is 0 Å². The summed E-state index contributed by atoms with van der Waals surface area (Å²) >= 11 is 0. The van der Waals surface area contributed by atoms with Crippen molar-refractivity contribution in [1.82, 2.24) is 4.98 Å². The number of rotatable bonds is 5. The van der Waals surface area contributed by atoms with Crippen LogP contribution in [0, 0.1) is 0 Å². The van der Waals surface area contributed by atoms with Gasteiger partial charge in [-0.3, -0.25) is 0 Å². The van der Waals surface area contributed by atoms with Gasteiger partial charge >= 0.3 is 0 Å². The highest BCUT2D eigenvalue weighted by atomic mass is 16.5. The van der Waals surface area contributed by atoms with Crippen LogP contribution in [-0.2, 0) is 6.61 Å². The molecule has 106 valence electrons. The van der Waals surface area contributed by atoms with Gasteiger partial charge in [-0.25, -0.2) is 4.98 Å². The minimum absolute atomic E-state index is 0.0239. The van der Waals surface area contributed by atoms with Crippen LogP contribution in [0.1, 0.15) is 37.8 Å². The summed E-state index contributed by atoms with van der Waals surface area (Å²) in [4.78, 5) is 4.28. The van der Waals surface area contributed by atoms with Crippen molar-refractivity contribution in [2.75, 3.05) is 6.61 Å². The molecule has 3 heteroatoms. The maximum absolute atomic E-state index is 9.53. The van der Waals surface area contributed by atoms with E-state index in [0.29, 0.717) is 18.4 Å². The summed E-state index contributed by atoms with van der Waals surface area (Å²) in [6.07, 6.45) is 1.76. The standard InChI is InChI=1S/C17H21NO2/c1-4-20-17-9-15(11-19)16(10-18-17)14-7-5-13(6-8-14)12(2)3/h5-10,12,19H,4,11H2,1-3H3. The largest absolute Gasteiger partial charge is 0.478 e. The molecule has 0 fully saturated rings. The first-order valence-corrected chi connectivity index (χ1v) is 6.98. The molecule has 0 atom stereocenters. The number of ether oxygens (including phenoxy) is 1. The highest BCUT2D eigenvalue weighted by molar-refractivity contribution is 5.67. The van der Waals surface area contributed by atoms with E-state index in [2.05, 4.69) is 43.1 Å². The van der Waals surface area contributed by atoms with Gasteiger partial charge in [-0.15, -0.1) is 0 Å². The third-order valence-electron chi connectivity index (χ3n) is 3.32. The van der Waals surface area contributed by atoms with Gasteiger partial charge in [0.1, 0.15) is 0 Å². The zero-order valence-electron chi connectivity index (χ0n) is 12.3. The van der Waals surface area contributed by atoms with Crippen molar-refractivity contribution in [3.8, 4) is 17.0 Å². The van der Waals surface area contributed by atoms with Crippen LogP contribution in [0.3, 0.4) is 0 Å². The van der Waals surface area contributed by atoms with Gasteiger partial charge in [0.25, 0.3) is 0 Å². The first-order valence-electron chi connectivity index (χ1n) is 6.98. The van der Waals surface area contributed by atoms with Crippen molar-refractivity contribution in [2.24, 2.45) is 0 Å². The second-order valence-electron chi connectivity index (χ2n) is 5.05. The number of aromatic nitrogens is 1. The van der Waals surface area contributed by atoms with Gasteiger partial charge in [0.15, 0.2) is 0 Å². The van der Waals surface area contributed by atoms with E-state index in [1.165, 1.54) is 5.56 Å². The molecule has 0 radical (unpaired) electrons. The van der Waals surface area contributed by atoms with Crippen LogP contribution in [0.2, 0.25) is 0 Å². The van der Waals surface area contributed by atoms with E-state index in [9.17, 15) is 5.11 Å². The molecule has 0 aliphatic rings. The predicted molar refractivity (Wildman–Crippen MR) is 80.9 cm³/mol. The second kappa shape index (κ2) is 6.53. The van der Waals surface area contributed by atoms with Gasteiger partial charge in [-0.1, -0.05) is 38.1 Å². The van der Waals surface area contributed by atoms with Crippen LogP contribution < -0.4 is 4.74 Å². The quantitative estimate of drug-likeness (QED) is 0.900. The highest BCUT2D eigenvalue weighted by Gasteiger charge is 2.08. The lowest BCUT2D eigenvalue weighted by atomic mass is 9.97. The van der Waals surface area contributed by atoms with Gasteiger partial charge in [0.2, 0.25) is 5.88 Å². The summed E-state index contributed by atoms with van der Waals surface area (Å²) in [5, 5.41) is 9.53. The minimum Gasteiger partial charge on any atom is -0.478 e. The third kappa shape index (κ3) is 3.17. The Kier molecular flexibility index (Phi) is 4.74. The van der Waals surface area contributed by atoms with Crippen molar-refractivity contribution >= 4 is 0 Å². The van der Waals surface area contributed by atoms with E-state index in [1.54, 1.807) is 12.3 Å². The molecule has 1 heterocycles. The summed E-state index contributed by atoms with van der Waals surface area (Å²) in [6.45, 7) is 6.81. The summed E-state index contributed by atoms with van der Waals surface area (Å²) in [5.74, 6) is 1.07. The Labute approximate surface area is 120 Å². The molecule has 0 aliphatic carbocycles. The van der Waals surface area contributed by atoms with Crippen molar-refractivity contribution < 1.29 is 9.84 Å². The van der Waals surface area contributed by atoms with E-state index >= 15 is 0 Å². The van der Waals surface area contributed by atoms with Crippen LogP contribution in [0.25, 0.3) is 11.1 Å². The third-order valence-corrected chi connectivity index (χ3v) is 3.32. The molecular weight excluding hydrogens is 250 g/mol. The number of aliphatic hydroxyl groups excluding tert-OH is 1. The minimum atomic E-state index is -0.0239. The molecule has 0 saturated carbocycles. The van der Waals surface area contributed by atoms with E-state index in [-0.39, 0.29) is 6.61 Å². The molecule has 0 spiro atoms. The number of hydrogen-bond acceptors (Lipinski definition) is 3. The average Bonchev–Trinajstić information content (AvgIpc) is 2.47. The molecule has 1 aromatic heterocycles. The van der Waals surface area contributed by atoms with Gasteiger partial charge < -0.3 is 9.84 Å². The zero-order valence-corrected chi connectivity index (χ0v) is 12.3. The monoisotopic (exact) mass is 271 g/mol. The smallest absolute Gasteiger partial charge is 0.213 e. The fourth-order valence-electron chi connectivity index (χ4n) is 2.14. The Balaban J connectivity index is 2.36. The van der Waals surface area contributed by atoms with Gasteiger partial charge in [0.05, 0.1) is 13.2 Å². The lowest BCUT2D eigenvalue weighted by Gasteiger charge is -2.11. The van der Waals surface area contributed by atoms with Gasteiger partial charge in [-0.05, 0) is 29.5 Å². The van der Waals surface area contributed by atoms with E-state index in [1.807, 2.05) is 6.92 Å². The maximum atomic E-state index is 9.53. The van der Waals surface area contributed by atoms with Crippen molar-refractivity contribution in [3.63, 3.8) is 0 Å². The molecular formula is C17H21NO2. The van der Waals surface area contributed by atoms with Crippen LogP contribution in [0.4, 0.5) is 0 Å². The summed E-state index contributed by atoms with van der Waals surface area (Å²) in [6, 6.07) is 10.2. The summed E-state index contributed by atoms with van der Waals surface area (Å²) in [7, 11) is 0. The lowest BCUT2D eigenvalue weighted by molar-refractivity contribution is 0.279. The Hall–Kier alpha value is -1.87. The molecule has 0 bridgehead atoms. The van der Waals surface area contributed by atoms with Crippen molar-refractivity contribution in [3.05, 3.63) is 47.7 Å². The normalized spacial score (nSPS) is 10.8. The number of pyridine rings is 1. The molecule has 2 aromatic rings. The fraction of sp³-hybridized carbons (Fsp3) is 0.353. The van der Waals surface area contributed by atoms with Crippen LogP contribution in [-0.4, -0.2) is 16.7 Å². The Morgan fingerprint density at radius 1 is 1.20 bits per heavy atom. The van der Waals surface area contributed by atoms with Gasteiger partial charge in [-0.2, -0.15) is 0 Å². The Morgan fingerprint density at radius 2 is 1.90 bits per heavy atom. The molecule has 0 unspecified atom stereocenters. The van der Waals surface area contributed by atoms with Gasteiger partial charge in [0, 0.05) is 17.8 Å². The number of aliphatic hydroxyl groups is 1. The molecule has 0 amide bonds. The topological polar surface area (TPSA) is 42.4 Å². The lowest BCUT2D eigenvalue weighted by Crippen LogP contribution is -1.98. The van der Waals surface area contributed by atoms with E-state index in [0.717, 1.165) is 16.7 Å².